The van der Waals surface area contributed by atoms with Crippen LogP contribution in [0.3, 0.4) is 0 Å². The molecule has 0 aliphatic heterocycles. The number of halogens is 3. The lowest BCUT2D eigenvalue weighted by atomic mass is 9.92. The molecule has 96 valence electrons. The second-order valence-corrected chi connectivity index (χ2v) is 5.29. The fourth-order valence-electron chi connectivity index (χ4n) is 1.37. The molecule has 0 aromatic heterocycles. The molecule has 1 atom stereocenters. The van der Waals surface area contributed by atoms with Crippen molar-refractivity contribution in [1.29, 1.82) is 0 Å². The minimum Gasteiger partial charge on any atom is -0.377 e. The summed E-state index contributed by atoms with van der Waals surface area (Å²) in [7, 11) is 1.52. The van der Waals surface area contributed by atoms with E-state index in [0.29, 0.717) is 0 Å². The van der Waals surface area contributed by atoms with E-state index in [1.54, 1.807) is 13.8 Å². The molecule has 0 saturated carbocycles. The summed E-state index contributed by atoms with van der Waals surface area (Å²) in [4.78, 5) is 0. The standard InChI is InChI=1S/C12H16BrF2NO/c1-12(2,17-3)10(16)6-7-9(14)5-4-8(13)11(7)15/h4-5,10H,6,16H2,1-3H3. The SMILES string of the molecule is COC(C)(C)C(N)Cc1c(F)ccc(Br)c1F. The maximum absolute atomic E-state index is 13.7. The van der Waals surface area contributed by atoms with E-state index in [0.717, 1.165) is 0 Å². The molecule has 1 aromatic rings. The van der Waals surface area contributed by atoms with E-state index < -0.39 is 23.3 Å². The largest absolute Gasteiger partial charge is 0.377 e. The van der Waals surface area contributed by atoms with Crippen LogP contribution in [0.1, 0.15) is 19.4 Å². The first kappa shape index (κ1) is 14.5. The Balaban J connectivity index is 3.00. The molecule has 0 aliphatic rings. The van der Waals surface area contributed by atoms with E-state index in [2.05, 4.69) is 15.9 Å². The van der Waals surface area contributed by atoms with Crippen LogP contribution in [-0.2, 0) is 11.2 Å². The van der Waals surface area contributed by atoms with Crippen LogP contribution in [0.5, 0.6) is 0 Å². The lowest BCUT2D eigenvalue weighted by Crippen LogP contribution is -2.46. The molecule has 2 N–H and O–H groups in total. The van der Waals surface area contributed by atoms with Gasteiger partial charge in [-0.05, 0) is 48.3 Å². The molecule has 17 heavy (non-hydrogen) atoms. The zero-order chi connectivity index (χ0) is 13.2. The molecule has 0 spiro atoms. The molecule has 0 fully saturated rings. The normalized spacial score (nSPS) is 13.8. The van der Waals surface area contributed by atoms with Crippen LogP contribution in [0.25, 0.3) is 0 Å². The topological polar surface area (TPSA) is 35.2 Å². The number of benzene rings is 1. The molecule has 5 heteroatoms. The Morgan fingerprint density at radius 3 is 2.53 bits per heavy atom. The van der Waals surface area contributed by atoms with Gasteiger partial charge in [-0.1, -0.05) is 0 Å². The second kappa shape index (κ2) is 5.42. The van der Waals surface area contributed by atoms with Crippen molar-refractivity contribution >= 4 is 15.9 Å². The summed E-state index contributed by atoms with van der Waals surface area (Å²) in [5.41, 5.74) is 5.25. The maximum atomic E-state index is 13.7. The van der Waals surface area contributed by atoms with Crippen LogP contribution in [0.4, 0.5) is 8.78 Å². The van der Waals surface area contributed by atoms with Crippen LogP contribution >= 0.6 is 15.9 Å². The first-order chi connectivity index (χ1) is 7.79. The summed E-state index contributed by atoms with van der Waals surface area (Å²) >= 11 is 3.02. The summed E-state index contributed by atoms with van der Waals surface area (Å²) < 4.78 is 32.7. The van der Waals surface area contributed by atoms with Gasteiger partial charge in [0.05, 0.1) is 10.1 Å². The van der Waals surface area contributed by atoms with Gasteiger partial charge in [0.2, 0.25) is 0 Å². The van der Waals surface area contributed by atoms with Gasteiger partial charge in [-0.3, -0.25) is 0 Å². The first-order valence-corrected chi connectivity index (χ1v) is 6.02. The van der Waals surface area contributed by atoms with Crippen LogP contribution < -0.4 is 5.73 Å². The fourth-order valence-corrected chi connectivity index (χ4v) is 1.74. The third-order valence-corrected chi connectivity index (χ3v) is 3.59. The lowest BCUT2D eigenvalue weighted by Gasteiger charge is -2.30. The highest BCUT2D eigenvalue weighted by atomic mass is 79.9. The number of rotatable bonds is 4. The summed E-state index contributed by atoms with van der Waals surface area (Å²) in [6.45, 7) is 3.57. The third kappa shape index (κ3) is 3.24. The van der Waals surface area contributed by atoms with Crippen molar-refractivity contribution in [2.75, 3.05) is 7.11 Å². The summed E-state index contributed by atoms with van der Waals surface area (Å²) in [6, 6.07) is 2.06. The molecule has 0 saturated heterocycles. The predicted octanol–water partition coefficient (Wildman–Crippen LogP) is 3.02. The van der Waals surface area contributed by atoms with Gasteiger partial charge in [-0.25, -0.2) is 8.78 Å². The van der Waals surface area contributed by atoms with Crippen molar-refractivity contribution in [3.8, 4) is 0 Å². The van der Waals surface area contributed by atoms with Gasteiger partial charge in [0.15, 0.2) is 0 Å². The van der Waals surface area contributed by atoms with Gasteiger partial charge in [-0.2, -0.15) is 0 Å². The summed E-state index contributed by atoms with van der Waals surface area (Å²) in [5.74, 6) is -1.19. The molecular formula is C12H16BrF2NO. The molecule has 2 nitrogen and oxygen atoms in total. The minimum absolute atomic E-state index is 0.0167. The number of ether oxygens (including phenoxy) is 1. The van der Waals surface area contributed by atoms with Crippen molar-refractivity contribution in [2.45, 2.75) is 31.9 Å². The number of hydrogen-bond donors (Lipinski definition) is 1. The van der Waals surface area contributed by atoms with Gasteiger partial charge in [0.1, 0.15) is 11.6 Å². The average Bonchev–Trinajstić information content (AvgIpc) is 2.29. The highest BCUT2D eigenvalue weighted by Crippen LogP contribution is 2.25. The second-order valence-electron chi connectivity index (χ2n) is 4.44. The molecule has 0 heterocycles. The van der Waals surface area contributed by atoms with Crippen molar-refractivity contribution in [3.63, 3.8) is 0 Å². The number of methoxy groups -OCH3 is 1. The van der Waals surface area contributed by atoms with Gasteiger partial charge in [-0.15, -0.1) is 0 Å². The van der Waals surface area contributed by atoms with Gasteiger partial charge < -0.3 is 10.5 Å². The Kier molecular flexibility index (Phi) is 4.63. The van der Waals surface area contributed by atoms with Crippen LogP contribution in [-0.4, -0.2) is 18.8 Å². The molecule has 1 unspecified atom stereocenters. The highest BCUT2D eigenvalue weighted by molar-refractivity contribution is 9.10. The number of nitrogens with two attached hydrogens (primary N) is 1. The Morgan fingerprint density at radius 1 is 1.41 bits per heavy atom. The summed E-state index contributed by atoms with van der Waals surface area (Å²) in [6.07, 6.45) is 0.0813. The Morgan fingerprint density at radius 2 is 2.00 bits per heavy atom. The Labute approximate surface area is 108 Å². The molecule has 1 rings (SSSR count). The van der Waals surface area contributed by atoms with Crippen molar-refractivity contribution in [2.24, 2.45) is 5.73 Å². The van der Waals surface area contributed by atoms with Crippen LogP contribution in [0.2, 0.25) is 0 Å². The number of hydrogen-bond acceptors (Lipinski definition) is 2. The Hall–Kier alpha value is -0.520. The zero-order valence-corrected chi connectivity index (χ0v) is 11.6. The quantitative estimate of drug-likeness (QED) is 0.868. The van der Waals surface area contributed by atoms with E-state index >= 15 is 0 Å². The monoisotopic (exact) mass is 307 g/mol. The van der Waals surface area contributed by atoms with Crippen LogP contribution in [0, 0.1) is 11.6 Å². The molecular weight excluding hydrogens is 292 g/mol. The molecule has 0 radical (unpaired) electrons. The minimum atomic E-state index is -0.638. The Bertz CT molecular complexity index is 410. The molecule has 0 aliphatic carbocycles. The van der Waals surface area contributed by atoms with E-state index in [9.17, 15) is 8.78 Å². The van der Waals surface area contributed by atoms with E-state index in [1.807, 2.05) is 0 Å². The third-order valence-electron chi connectivity index (χ3n) is 2.98. The molecule has 1 aromatic carbocycles. The van der Waals surface area contributed by atoms with Gasteiger partial charge >= 0.3 is 0 Å². The summed E-state index contributed by atoms with van der Waals surface area (Å²) in [5, 5.41) is 0. The van der Waals surface area contributed by atoms with E-state index in [4.69, 9.17) is 10.5 Å². The van der Waals surface area contributed by atoms with Gasteiger partial charge in [0, 0.05) is 18.7 Å². The first-order valence-electron chi connectivity index (χ1n) is 5.22. The maximum Gasteiger partial charge on any atom is 0.143 e. The highest BCUT2D eigenvalue weighted by Gasteiger charge is 2.28. The lowest BCUT2D eigenvalue weighted by molar-refractivity contribution is 0.000448. The van der Waals surface area contributed by atoms with Gasteiger partial charge in [0.25, 0.3) is 0 Å². The molecule has 0 amide bonds. The van der Waals surface area contributed by atoms with Crippen molar-refractivity contribution in [3.05, 3.63) is 33.8 Å². The zero-order valence-electron chi connectivity index (χ0n) is 10.1. The fraction of sp³-hybridized carbons (Fsp3) is 0.500. The van der Waals surface area contributed by atoms with Crippen LogP contribution in [0.15, 0.2) is 16.6 Å². The van der Waals surface area contributed by atoms with Crippen molar-refractivity contribution < 1.29 is 13.5 Å². The van der Waals surface area contributed by atoms with E-state index in [-0.39, 0.29) is 16.5 Å². The van der Waals surface area contributed by atoms with Crippen molar-refractivity contribution in [1.82, 2.24) is 0 Å². The predicted molar refractivity (Wildman–Crippen MR) is 66.8 cm³/mol. The molecule has 0 bridgehead atoms. The smallest absolute Gasteiger partial charge is 0.143 e. The average molecular weight is 308 g/mol. The van der Waals surface area contributed by atoms with E-state index in [1.165, 1.54) is 19.2 Å².